The van der Waals surface area contributed by atoms with Gasteiger partial charge in [-0.2, -0.15) is 4.72 Å². The average molecular weight is 531 g/mol. The standard InChI is InChI=1S/C24H23ClN4O4S2/c1-28(2)23(30)19-6-4-3-5-18(19)16-7-10-22(26-15-16)29-13-11-20(24(29)31)27-35(32,33)14-12-17-8-9-21(25)34-17/h3-10,12,14-15,20,27H,11,13H2,1-2H3/b14-12+. The van der Waals surface area contributed by atoms with Crippen LogP contribution < -0.4 is 9.62 Å². The highest BCUT2D eigenvalue weighted by molar-refractivity contribution is 7.92. The Kier molecular flexibility index (Phi) is 7.36. The van der Waals surface area contributed by atoms with Crippen molar-refractivity contribution in [2.45, 2.75) is 12.5 Å². The predicted molar refractivity (Wildman–Crippen MR) is 139 cm³/mol. The lowest BCUT2D eigenvalue weighted by atomic mass is 10.0. The van der Waals surface area contributed by atoms with Crippen molar-refractivity contribution in [3.8, 4) is 11.1 Å². The minimum Gasteiger partial charge on any atom is -0.345 e. The number of nitrogens with one attached hydrogen (secondary N) is 1. The van der Waals surface area contributed by atoms with Gasteiger partial charge in [-0.15, -0.1) is 11.3 Å². The van der Waals surface area contributed by atoms with Crippen molar-refractivity contribution in [3.63, 3.8) is 0 Å². The number of amides is 2. The molecule has 1 aliphatic heterocycles. The first-order valence-corrected chi connectivity index (χ1v) is 13.4. The van der Waals surface area contributed by atoms with Crippen molar-refractivity contribution in [2.24, 2.45) is 0 Å². The van der Waals surface area contributed by atoms with Crippen LogP contribution in [-0.2, 0) is 14.8 Å². The summed E-state index contributed by atoms with van der Waals surface area (Å²) in [7, 11) is -0.442. The lowest BCUT2D eigenvalue weighted by molar-refractivity contribution is -0.118. The van der Waals surface area contributed by atoms with E-state index in [0.717, 1.165) is 16.5 Å². The van der Waals surface area contributed by atoms with Crippen molar-refractivity contribution in [2.75, 3.05) is 25.5 Å². The van der Waals surface area contributed by atoms with Crippen LogP contribution in [0, 0.1) is 0 Å². The SMILES string of the molecule is CN(C)C(=O)c1ccccc1-c1ccc(N2CCC(NS(=O)(=O)/C=C/c3ccc(Cl)s3)C2=O)nc1. The van der Waals surface area contributed by atoms with E-state index in [1.54, 1.807) is 56.7 Å². The third-order valence-corrected chi connectivity index (χ3v) is 7.72. The second-order valence-corrected chi connectivity index (χ2v) is 11.4. The normalized spacial score (nSPS) is 16.3. The molecule has 0 aliphatic carbocycles. The van der Waals surface area contributed by atoms with E-state index in [1.165, 1.54) is 27.2 Å². The molecule has 0 saturated carbocycles. The first kappa shape index (κ1) is 25.1. The zero-order valence-electron chi connectivity index (χ0n) is 19.0. The molecule has 0 radical (unpaired) electrons. The highest BCUT2D eigenvalue weighted by Crippen LogP contribution is 2.27. The molecule has 1 aliphatic rings. The topological polar surface area (TPSA) is 99.7 Å². The van der Waals surface area contributed by atoms with Gasteiger partial charge in [0, 0.05) is 48.2 Å². The molecule has 1 aromatic carbocycles. The summed E-state index contributed by atoms with van der Waals surface area (Å²) in [5, 5.41) is 1.03. The summed E-state index contributed by atoms with van der Waals surface area (Å²) in [5.41, 5.74) is 2.03. The molecule has 4 rings (SSSR count). The second kappa shape index (κ2) is 10.3. The summed E-state index contributed by atoms with van der Waals surface area (Å²) in [6.45, 7) is 0.332. The van der Waals surface area contributed by atoms with E-state index in [0.29, 0.717) is 33.6 Å². The molecule has 2 aromatic heterocycles. The van der Waals surface area contributed by atoms with Crippen molar-refractivity contribution in [1.82, 2.24) is 14.6 Å². The molecule has 11 heteroatoms. The van der Waals surface area contributed by atoms with E-state index < -0.39 is 16.1 Å². The molecule has 1 unspecified atom stereocenters. The van der Waals surface area contributed by atoms with Gasteiger partial charge in [0.05, 0.1) is 4.34 Å². The van der Waals surface area contributed by atoms with Crippen LogP contribution in [0.15, 0.2) is 60.1 Å². The van der Waals surface area contributed by atoms with Crippen LogP contribution in [0.2, 0.25) is 4.34 Å². The lowest BCUT2D eigenvalue weighted by Gasteiger charge is -2.17. The zero-order chi connectivity index (χ0) is 25.2. The first-order chi connectivity index (χ1) is 16.6. The van der Waals surface area contributed by atoms with Crippen LogP contribution in [0.5, 0.6) is 0 Å². The largest absolute Gasteiger partial charge is 0.345 e. The van der Waals surface area contributed by atoms with Crippen LogP contribution in [0.4, 0.5) is 5.82 Å². The number of carbonyl (C=O) groups excluding carboxylic acids is 2. The molecular formula is C24H23ClN4O4S2. The van der Waals surface area contributed by atoms with Gasteiger partial charge >= 0.3 is 0 Å². The number of thiophene rings is 1. The maximum atomic E-state index is 12.9. The van der Waals surface area contributed by atoms with Crippen LogP contribution >= 0.6 is 22.9 Å². The van der Waals surface area contributed by atoms with E-state index >= 15 is 0 Å². The van der Waals surface area contributed by atoms with E-state index in [1.807, 2.05) is 12.1 Å². The quantitative estimate of drug-likeness (QED) is 0.500. The van der Waals surface area contributed by atoms with E-state index in [2.05, 4.69) is 9.71 Å². The Balaban J connectivity index is 1.47. The summed E-state index contributed by atoms with van der Waals surface area (Å²) in [6.07, 6.45) is 3.37. The van der Waals surface area contributed by atoms with Gasteiger partial charge in [0.15, 0.2) is 0 Å². The van der Waals surface area contributed by atoms with Crippen LogP contribution in [0.25, 0.3) is 17.2 Å². The monoisotopic (exact) mass is 530 g/mol. The number of rotatable bonds is 7. The molecule has 35 heavy (non-hydrogen) atoms. The minimum absolute atomic E-state index is 0.120. The molecule has 0 spiro atoms. The highest BCUT2D eigenvalue weighted by Gasteiger charge is 2.35. The number of hydrogen-bond acceptors (Lipinski definition) is 6. The molecule has 3 heterocycles. The number of carbonyl (C=O) groups is 2. The summed E-state index contributed by atoms with van der Waals surface area (Å²) in [5.74, 6) is -0.0732. The van der Waals surface area contributed by atoms with Crippen molar-refractivity contribution < 1.29 is 18.0 Å². The van der Waals surface area contributed by atoms with Gasteiger partial charge in [-0.3, -0.25) is 14.5 Å². The molecule has 8 nitrogen and oxygen atoms in total. The predicted octanol–water partition coefficient (Wildman–Crippen LogP) is 3.86. The number of nitrogens with zero attached hydrogens (tertiary/aromatic N) is 3. The molecule has 2 amide bonds. The Bertz CT molecular complexity index is 1380. The second-order valence-electron chi connectivity index (χ2n) is 8.09. The Morgan fingerprint density at radius 3 is 2.63 bits per heavy atom. The number of hydrogen-bond donors (Lipinski definition) is 1. The first-order valence-electron chi connectivity index (χ1n) is 10.7. The lowest BCUT2D eigenvalue weighted by Crippen LogP contribution is -2.40. The number of sulfonamides is 1. The van der Waals surface area contributed by atoms with E-state index in [9.17, 15) is 18.0 Å². The van der Waals surface area contributed by atoms with Crippen LogP contribution in [0.3, 0.4) is 0 Å². The number of pyridine rings is 1. The molecule has 0 bridgehead atoms. The molecule has 1 fully saturated rings. The number of halogens is 1. The third-order valence-electron chi connectivity index (χ3n) is 5.42. The fourth-order valence-electron chi connectivity index (χ4n) is 3.70. The van der Waals surface area contributed by atoms with Crippen molar-refractivity contribution >= 4 is 56.7 Å². The Labute approximate surface area is 212 Å². The van der Waals surface area contributed by atoms with Crippen LogP contribution in [0.1, 0.15) is 21.7 Å². The highest BCUT2D eigenvalue weighted by atomic mass is 35.5. The van der Waals surface area contributed by atoms with Crippen molar-refractivity contribution in [1.29, 1.82) is 0 Å². The van der Waals surface area contributed by atoms with Crippen LogP contribution in [-0.4, -0.2) is 56.8 Å². The Morgan fingerprint density at radius 1 is 1.20 bits per heavy atom. The third kappa shape index (κ3) is 5.79. The maximum absolute atomic E-state index is 12.9. The number of anilines is 1. The fourth-order valence-corrected chi connectivity index (χ4v) is 5.77. The van der Waals surface area contributed by atoms with Crippen molar-refractivity contribution in [3.05, 3.63) is 74.9 Å². The molecule has 1 N–H and O–H groups in total. The zero-order valence-corrected chi connectivity index (χ0v) is 21.4. The molecule has 3 aromatic rings. The molecule has 1 atom stereocenters. The minimum atomic E-state index is -3.83. The average Bonchev–Trinajstić information content (AvgIpc) is 3.42. The summed E-state index contributed by atoms with van der Waals surface area (Å²) in [6, 6.07) is 13.3. The summed E-state index contributed by atoms with van der Waals surface area (Å²) in [4.78, 5) is 33.5. The maximum Gasteiger partial charge on any atom is 0.253 e. The van der Waals surface area contributed by atoms with Gasteiger partial charge in [-0.25, -0.2) is 13.4 Å². The smallest absolute Gasteiger partial charge is 0.253 e. The number of aromatic nitrogens is 1. The summed E-state index contributed by atoms with van der Waals surface area (Å²) >= 11 is 7.12. The van der Waals surface area contributed by atoms with Gasteiger partial charge < -0.3 is 4.90 Å². The van der Waals surface area contributed by atoms with Gasteiger partial charge in [-0.1, -0.05) is 29.8 Å². The van der Waals surface area contributed by atoms with E-state index in [4.69, 9.17) is 11.6 Å². The number of benzene rings is 1. The van der Waals surface area contributed by atoms with E-state index in [-0.39, 0.29) is 11.8 Å². The van der Waals surface area contributed by atoms with Gasteiger partial charge in [0.25, 0.3) is 5.91 Å². The van der Waals surface area contributed by atoms with Gasteiger partial charge in [-0.05, 0) is 48.4 Å². The Morgan fingerprint density at radius 2 is 1.97 bits per heavy atom. The molecular weight excluding hydrogens is 508 g/mol. The molecule has 182 valence electrons. The fraction of sp³-hybridized carbons (Fsp3) is 0.208. The van der Waals surface area contributed by atoms with Gasteiger partial charge in [0.1, 0.15) is 11.9 Å². The molecule has 1 saturated heterocycles. The summed E-state index contributed by atoms with van der Waals surface area (Å²) < 4.78 is 27.9. The van der Waals surface area contributed by atoms with Gasteiger partial charge in [0.2, 0.25) is 15.9 Å². The Hall–Kier alpha value is -3.05.